The predicted molar refractivity (Wildman–Crippen MR) is 101 cm³/mol. The Hall–Kier alpha value is -0.370. The van der Waals surface area contributed by atoms with Crippen molar-refractivity contribution in [1.29, 1.82) is 0 Å². The summed E-state index contributed by atoms with van der Waals surface area (Å²) in [6.45, 7) is 11.3. The molecule has 0 aromatic carbocycles. The molecule has 4 fully saturated rings. The molecule has 4 saturated carbocycles. The number of aliphatic hydroxyl groups is 1. The fourth-order valence-corrected chi connectivity index (χ4v) is 8.34. The molecule has 142 valence electrons. The van der Waals surface area contributed by atoms with Gasteiger partial charge in [-0.15, -0.1) is 0 Å². The second kappa shape index (κ2) is 5.57. The molecule has 8 atom stereocenters. The largest absolute Gasteiger partial charge is 0.390 e. The molecule has 0 aliphatic heterocycles. The first-order chi connectivity index (χ1) is 11.6. The Labute approximate surface area is 154 Å². The number of carbonyl (C=O) groups is 1. The molecule has 25 heavy (non-hydrogen) atoms. The summed E-state index contributed by atoms with van der Waals surface area (Å²) in [7, 11) is 0. The molecule has 4 aliphatic carbocycles. The van der Waals surface area contributed by atoms with Crippen molar-refractivity contribution in [2.45, 2.75) is 91.6 Å². The molecule has 0 aromatic heterocycles. The van der Waals surface area contributed by atoms with Gasteiger partial charge in [0, 0.05) is 5.92 Å². The smallest absolute Gasteiger partial charge is 0.133 e. The van der Waals surface area contributed by atoms with Gasteiger partial charge in [0.2, 0.25) is 0 Å². The summed E-state index contributed by atoms with van der Waals surface area (Å²) < 4.78 is 0. The maximum Gasteiger partial charge on any atom is 0.133 e. The van der Waals surface area contributed by atoms with Gasteiger partial charge in [-0.05, 0) is 106 Å². The maximum atomic E-state index is 12.3. The Balaban J connectivity index is 1.64. The molecule has 0 radical (unpaired) electrons. The van der Waals surface area contributed by atoms with E-state index in [-0.39, 0.29) is 5.41 Å². The summed E-state index contributed by atoms with van der Waals surface area (Å²) in [4.78, 5) is 12.3. The quantitative estimate of drug-likeness (QED) is 0.706. The first-order valence-corrected chi connectivity index (χ1v) is 10.8. The van der Waals surface area contributed by atoms with Gasteiger partial charge in [-0.25, -0.2) is 0 Å². The van der Waals surface area contributed by atoms with E-state index in [4.69, 9.17) is 0 Å². The highest BCUT2D eigenvalue weighted by molar-refractivity contribution is 5.79. The molecule has 0 unspecified atom stereocenters. The fraction of sp³-hybridized carbons (Fsp3) is 0.957. The molecule has 0 heterocycles. The third kappa shape index (κ3) is 2.65. The molecular formula is C23H38O2. The Morgan fingerprint density at radius 1 is 0.840 bits per heavy atom. The van der Waals surface area contributed by atoms with E-state index in [9.17, 15) is 9.90 Å². The fourth-order valence-electron chi connectivity index (χ4n) is 8.34. The van der Waals surface area contributed by atoms with Crippen LogP contribution in [0.3, 0.4) is 0 Å². The van der Waals surface area contributed by atoms with E-state index in [0.29, 0.717) is 23.0 Å². The van der Waals surface area contributed by atoms with Gasteiger partial charge in [0.1, 0.15) is 5.78 Å². The van der Waals surface area contributed by atoms with Crippen LogP contribution in [0, 0.1) is 46.3 Å². The van der Waals surface area contributed by atoms with Crippen molar-refractivity contribution in [2.24, 2.45) is 46.3 Å². The lowest BCUT2D eigenvalue weighted by atomic mass is 9.44. The molecule has 0 aromatic rings. The van der Waals surface area contributed by atoms with Gasteiger partial charge in [0.25, 0.3) is 0 Å². The number of rotatable bonds is 1. The van der Waals surface area contributed by atoms with E-state index in [1.54, 1.807) is 0 Å². The molecule has 4 rings (SSSR count). The number of fused-ring (bicyclic) bond motifs is 5. The van der Waals surface area contributed by atoms with Crippen molar-refractivity contribution in [2.75, 3.05) is 0 Å². The van der Waals surface area contributed by atoms with Crippen LogP contribution in [0.25, 0.3) is 0 Å². The number of Topliss-reactive ketones (excluding diaryl/α,β-unsaturated/α-hetero) is 1. The number of hydrogen-bond donors (Lipinski definition) is 1. The van der Waals surface area contributed by atoms with Crippen LogP contribution in [-0.4, -0.2) is 16.5 Å². The Morgan fingerprint density at radius 2 is 1.52 bits per heavy atom. The average molecular weight is 347 g/mol. The van der Waals surface area contributed by atoms with Crippen molar-refractivity contribution in [1.82, 2.24) is 0 Å². The zero-order valence-electron chi connectivity index (χ0n) is 17.0. The zero-order chi connectivity index (χ0) is 18.2. The van der Waals surface area contributed by atoms with Gasteiger partial charge < -0.3 is 5.11 Å². The average Bonchev–Trinajstić information content (AvgIpc) is 2.84. The molecule has 0 bridgehead atoms. The van der Waals surface area contributed by atoms with Gasteiger partial charge in [0.15, 0.2) is 0 Å². The first kappa shape index (κ1) is 18.0. The highest BCUT2D eigenvalue weighted by atomic mass is 16.3. The Kier molecular flexibility index (Phi) is 4.01. The predicted octanol–water partition coefficient (Wildman–Crippen LogP) is 5.23. The summed E-state index contributed by atoms with van der Waals surface area (Å²) in [6.07, 6.45) is 9.46. The van der Waals surface area contributed by atoms with Gasteiger partial charge in [-0.1, -0.05) is 20.8 Å². The van der Waals surface area contributed by atoms with Crippen LogP contribution in [0.1, 0.15) is 86.0 Å². The first-order valence-electron chi connectivity index (χ1n) is 10.8. The van der Waals surface area contributed by atoms with E-state index in [2.05, 4.69) is 27.7 Å². The molecule has 0 spiro atoms. The lowest BCUT2D eigenvalue weighted by Crippen LogP contribution is -2.55. The normalized spacial score (nSPS) is 54.3. The number of hydrogen-bond acceptors (Lipinski definition) is 2. The van der Waals surface area contributed by atoms with Crippen molar-refractivity contribution < 1.29 is 9.90 Å². The minimum absolute atomic E-state index is 0.260. The monoisotopic (exact) mass is 346 g/mol. The second-order valence-corrected chi connectivity index (χ2v) is 11.4. The standard InChI is InChI=1S/C23H38O2/c1-14(24)18-6-7-19-17-12-21(2,3)20-13-22(4,25)10-8-16(20)15(17)9-11-23(18,19)5/h15-20,25H,6-13H2,1-5H3/t15-,16-,17-,18-,19+,20-,22+,23-/m1/s1. The third-order valence-electron chi connectivity index (χ3n) is 9.49. The van der Waals surface area contributed by atoms with Crippen LogP contribution in [0.4, 0.5) is 0 Å². The van der Waals surface area contributed by atoms with E-state index < -0.39 is 5.60 Å². The van der Waals surface area contributed by atoms with Crippen molar-refractivity contribution >= 4 is 5.78 Å². The van der Waals surface area contributed by atoms with Crippen LogP contribution in [0.5, 0.6) is 0 Å². The molecule has 2 nitrogen and oxygen atoms in total. The van der Waals surface area contributed by atoms with Gasteiger partial charge in [-0.2, -0.15) is 0 Å². The van der Waals surface area contributed by atoms with Crippen molar-refractivity contribution in [3.63, 3.8) is 0 Å². The topological polar surface area (TPSA) is 37.3 Å². The van der Waals surface area contributed by atoms with Crippen LogP contribution < -0.4 is 0 Å². The van der Waals surface area contributed by atoms with Gasteiger partial charge in [-0.3, -0.25) is 4.79 Å². The maximum absolute atomic E-state index is 12.3. The van der Waals surface area contributed by atoms with Crippen LogP contribution in [0.15, 0.2) is 0 Å². The van der Waals surface area contributed by atoms with Crippen molar-refractivity contribution in [3.8, 4) is 0 Å². The Morgan fingerprint density at radius 3 is 2.20 bits per heavy atom. The minimum Gasteiger partial charge on any atom is -0.390 e. The molecule has 4 aliphatic rings. The highest BCUT2D eigenvalue weighted by Crippen LogP contribution is 2.67. The summed E-state index contributed by atoms with van der Waals surface area (Å²) in [5, 5.41) is 10.7. The van der Waals surface area contributed by atoms with Gasteiger partial charge in [0.05, 0.1) is 5.60 Å². The molecule has 1 N–H and O–H groups in total. The van der Waals surface area contributed by atoms with E-state index in [1.807, 2.05) is 6.92 Å². The number of carbonyl (C=O) groups excluding carboxylic acids is 1. The van der Waals surface area contributed by atoms with E-state index in [0.717, 1.165) is 42.9 Å². The molecule has 2 heteroatoms. The van der Waals surface area contributed by atoms with Crippen LogP contribution >= 0.6 is 0 Å². The second-order valence-electron chi connectivity index (χ2n) is 11.4. The van der Waals surface area contributed by atoms with Gasteiger partial charge >= 0.3 is 0 Å². The van der Waals surface area contributed by atoms with E-state index >= 15 is 0 Å². The zero-order valence-corrected chi connectivity index (χ0v) is 17.0. The summed E-state index contributed by atoms with van der Waals surface area (Å²) in [5.74, 6) is 4.63. The summed E-state index contributed by atoms with van der Waals surface area (Å²) in [6, 6.07) is 0. The highest BCUT2D eigenvalue weighted by Gasteiger charge is 2.61. The lowest BCUT2D eigenvalue weighted by molar-refractivity contribution is -0.149. The van der Waals surface area contributed by atoms with Crippen LogP contribution in [-0.2, 0) is 4.79 Å². The van der Waals surface area contributed by atoms with Crippen molar-refractivity contribution in [3.05, 3.63) is 0 Å². The molecule has 0 amide bonds. The molecule has 0 saturated heterocycles. The third-order valence-corrected chi connectivity index (χ3v) is 9.49. The lowest BCUT2D eigenvalue weighted by Gasteiger charge is -2.61. The SMILES string of the molecule is CC(=O)[C@H]1CC[C@H]2[C@@H]3CC(C)(C)[C@@H]4C[C@@](C)(O)CC[C@@H]4[C@H]3CC[C@]12C. The minimum atomic E-state index is -0.457. The Bertz CT molecular complexity index is 562. The summed E-state index contributed by atoms with van der Waals surface area (Å²) in [5.41, 5.74) is 0.125. The van der Waals surface area contributed by atoms with Crippen LogP contribution in [0.2, 0.25) is 0 Å². The summed E-state index contributed by atoms with van der Waals surface area (Å²) >= 11 is 0. The number of ketones is 1. The molecular weight excluding hydrogens is 308 g/mol. The van der Waals surface area contributed by atoms with E-state index in [1.165, 1.54) is 32.1 Å².